The van der Waals surface area contributed by atoms with E-state index in [1.165, 1.54) is 47.4 Å². The van der Waals surface area contributed by atoms with Crippen molar-refractivity contribution in [1.29, 1.82) is 0 Å². The second kappa shape index (κ2) is 9.49. The minimum Gasteiger partial charge on any atom is -0.380 e. The summed E-state index contributed by atoms with van der Waals surface area (Å²) in [6.07, 6.45) is 1.73. The van der Waals surface area contributed by atoms with Crippen LogP contribution in [-0.4, -0.2) is 46.7 Å². The van der Waals surface area contributed by atoms with Crippen molar-refractivity contribution in [1.82, 2.24) is 9.88 Å². The van der Waals surface area contributed by atoms with Crippen molar-refractivity contribution in [3.05, 3.63) is 66.5 Å². The number of sulfonamides is 1. The first-order chi connectivity index (χ1) is 18.0. The van der Waals surface area contributed by atoms with Gasteiger partial charge < -0.3 is 15.2 Å². The van der Waals surface area contributed by atoms with Crippen LogP contribution in [0.4, 0.5) is 15.9 Å². The predicted octanol–water partition coefficient (Wildman–Crippen LogP) is 3.09. The number of sulfone groups is 1. The van der Waals surface area contributed by atoms with Crippen LogP contribution >= 0.6 is 0 Å². The summed E-state index contributed by atoms with van der Waals surface area (Å²) in [7, 11) is -7.69. The van der Waals surface area contributed by atoms with Gasteiger partial charge in [0, 0.05) is 18.4 Å². The number of piperidine rings is 1. The van der Waals surface area contributed by atoms with Crippen LogP contribution in [0.15, 0.2) is 75.0 Å². The van der Waals surface area contributed by atoms with Crippen LogP contribution in [0.3, 0.4) is 0 Å². The molecule has 1 aromatic heterocycles. The maximum Gasteiger partial charge on any atom is 0.245 e. The number of carbonyl (C=O) groups excluding carboxylic acids is 1. The Morgan fingerprint density at radius 1 is 1.08 bits per heavy atom. The number of nitrogen functional groups attached to an aromatic ring is 1. The third-order valence-corrected chi connectivity index (χ3v) is 8.98. The fourth-order valence-corrected chi connectivity index (χ4v) is 6.67. The highest BCUT2D eigenvalue weighted by Gasteiger charge is 2.34. The van der Waals surface area contributed by atoms with E-state index in [-0.39, 0.29) is 34.3 Å². The van der Waals surface area contributed by atoms with Crippen LogP contribution in [0.5, 0.6) is 0 Å². The van der Waals surface area contributed by atoms with Gasteiger partial charge in [-0.1, -0.05) is 29.4 Å². The number of fused-ring (bicyclic) bond motifs is 1. The molecule has 0 saturated carbocycles. The van der Waals surface area contributed by atoms with E-state index >= 15 is 4.39 Å². The van der Waals surface area contributed by atoms with Crippen molar-refractivity contribution < 1.29 is 30.5 Å². The first-order valence-corrected chi connectivity index (χ1v) is 14.9. The molecule has 10 nitrogen and oxygen atoms in total. The van der Waals surface area contributed by atoms with Crippen molar-refractivity contribution in [3.63, 3.8) is 0 Å². The van der Waals surface area contributed by atoms with Crippen LogP contribution in [0.2, 0.25) is 0 Å². The van der Waals surface area contributed by atoms with Gasteiger partial charge in [-0.25, -0.2) is 21.2 Å². The van der Waals surface area contributed by atoms with E-state index < -0.39 is 37.6 Å². The van der Waals surface area contributed by atoms with Gasteiger partial charge in [0.2, 0.25) is 15.9 Å². The van der Waals surface area contributed by atoms with Crippen molar-refractivity contribution in [2.45, 2.75) is 28.7 Å². The SMILES string of the molecule is CS(=O)(=O)c1ccccc1-c1ccc(N2CCCC(NS(=O)(=O)c3ccc4onc(N)c4c3)C2=O)c(F)c1. The minimum absolute atomic E-state index is 0.0295. The third-order valence-electron chi connectivity index (χ3n) is 6.35. The van der Waals surface area contributed by atoms with Crippen molar-refractivity contribution in [2.75, 3.05) is 23.4 Å². The van der Waals surface area contributed by atoms with Gasteiger partial charge in [-0.05, 0) is 54.8 Å². The molecule has 1 saturated heterocycles. The van der Waals surface area contributed by atoms with Gasteiger partial charge in [0.05, 0.1) is 20.9 Å². The lowest BCUT2D eigenvalue weighted by molar-refractivity contribution is -0.121. The molecule has 0 bridgehead atoms. The molecule has 198 valence electrons. The molecule has 1 aliphatic rings. The monoisotopic (exact) mass is 558 g/mol. The summed E-state index contributed by atoms with van der Waals surface area (Å²) in [6, 6.07) is 13.3. The first-order valence-electron chi connectivity index (χ1n) is 11.5. The van der Waals surface area contributed by atoms with Gasteiger partial charge in [0.25, 0.3) is 0 Å². The molecule has 0 radical (unpaired) electrons. The van der Waals surface area contributed by atoms with Crippen LogP contribution in [0.1, 0.15) is 12.8 Å². The van der Waals surface area contributed by atoms with Gasteiger partial charge in [-0.3, -0.25) is 4.79 Å². The number of benzene rings is 3. The van der Waals surface area contributed by atoms with E-state index in [0.29, 0.717) is 28.5 Å². The molecule has 1 unspecified atom stereocenters. The normalized spacial score (nSPS) is 16.7. The zero-order valence-corrected chi connectivity index (χ0v) is 21.7. The average molecular weight is 559 g/mol. The summed E-state index contributed by atoms with van der Waals surface area (Å²) in [5.74, 6) is -1.31. The van der Waals surface area contributed by atoms with E-state index in [1.54, 1.807) is 18.2 Å². The van der Waals surface area contributed by atoms with E-state index in [1.807, 2.05) is 0 Å². The minimum atomic E-state index is -4.13. The van der Waals surface area contributed by atoms with E-state index in [2.05, 4.69) is 9.88 Å². The van der Waals surface area contributed by atoms with Gasteiger partial charge in [-0.15, -0.1) is 0 Å². The standard InChI is InChI=1S/C25H23FN4O6S2/c1-37(32,33)23-7-3-2-5-17(23)15-8-10-21(19(26)13-15)30-12-4-6-20(25(30)31)29-38(34,35)16-9-11-22-18(14-16)24(27)28-36-22/h2-3,5,7-11,13-14,20,29H,4,6,12H2,1H3,(H2,27,28). The summed E-state index contributed by atoms with van der Waals surface area (Å²) in [4.78, 5) is 14.4. The van der Waals surface area contributed by atoms with E-state index in [0.717, 1.165) is 6.26 Å². The highest BCUT2D eigenvalue weighted by atomic mass is 32.2. The van der Waals surface area contributed by atoms with Crippen molar-refractivity contribution >= 4 is 48.2 Å². The van der Waals surface area contributed by atoms with Crippen molar-refractivity contribution in [3.8, 4) is 11.1 Å². The molecule has 1 aliphatic heterocycles. The number of halogens is 1. The number of nitrogens with two attached hydrogens (primary N) is 1. The molecular weight excluding hydrogens is 535 g/mol. The second-order valence-corrected chi connectivity index (χ2v) is 12.7. The fraction of sp³-hybridized carbons (Fsp3) is 0.200. The highest BCUT2D eigenvalue weighted by Crippen LogP contribution is 2.32. The quantitative estimate of drug-likeness (QED) is 0.366. The molecule has 2 heterocycles. The molecule has 3 aromatic carbocycles. The molecule has 13 heteroatoms. The third kappa shape index (κ3) is 4.75. The van der Waals surface area contributed by atoms with E-state index in [9.17, 15) is 21.6 Å². The average Bonchev–Trinajstić information content (AvgIpc) is 3.25. The van der Waals surface area contributed by atoms with E-state index in [4.69, 9.17) is 10.3 Å². The molecule has 0 spiro atoms. The lowest BCUT2D eigenvalue weighted by Gasteiger charge is -2.32. The first kappa shape index (κ1) is 25.8. The van der Waals surface area contributed by atoms with Crippen LogP contribution in [0.25, 0.3) is 22.1 Å². The Kier molecular flexibility index (Phi) is 6.45. The maximum absolute atomic E-state index is 15.3. The molecule has 5 rings (SSSR count). The Bertz CT molecular complexity index is 1790. The number of aromatic nitrogens is 1. The maximum atomic E-state index is 15.3. The number of hydrogen-bond donors (Lipinski definition) is 2. The Morgan fingerprint density at radius 3 is 2.58 bits per heavy atom. The highest BCUT2D eigenvalue weighted by molar-refractivity contribution is 7.91. The Hall–Kier alpha value is -3.81. The zero-order chi connectivity index (χ0) is 27.2. The molecule has 1 amide bonds. The Balaban J connectivity index is 1.41. The Labute approximate surface area is 218 Å². The molecule has 3 N–H and O–H groups in total. The van der Waals surface area contributed by atoms with Crippen molar-refractivity contribution in [2.24, 2.45) is 0 Å². The topological polar surface area (TPSA) is 153 Å². The summed E-state index contributed by atoms with van der Waals surface area (Å²) in [5.41, 5.74) is 6.68. The molecule has 0 aliphatic carbocycles. The number of amides is 1. The summed E-state index contributed by atoms with van der Waals surface area (Å²) < 4.78 is 73.2. The smallest absolute Gasteiger partial charge is 0.245 e. The Morgan fingerprint density at radius 2 is 1.84 bits per heavy atom. The van der Waals surface area contributed by atoms with Gasteiger partial charge in [0.1, 0.15) is 11.9 Å². The number of nitrogens with zero attached hydrogens (tertiary/aromatic N) is 2. The predicted molar refractivity (Wildman–Crippen MR) is 139 cm³/mol. The number of carbonyl (C=O) groups is 1. The van der Waals surface area contributed by atoms with Gasteiger partial charge in [-0.2, -0.15) is 4.72 Å². The molecule has 38 heavy (non-hydrogen) atoms. The van der Waals surface area contributed by atoms with Gasteiger partial charge in [0.15, 0.2) is 21.2 Å². The van der Waals surface area contributed by atoms with Gasteiger partial charge >= 0.3 is 0 Å². The lowest BCUT2D eigenvalue weighted by Crippen LogP contribution is -2.52. The summed E-state index contributed by atoms with van der Waals surface area (Å²) in [5, 5.41) is 3.93. The second-order valence-electron chi connectivity index (χ2n) is 8.97. The van der Waals surface area contributed by atoms with Crippen LogP contribution in [0, 0.1) is 5.82 Å². The molecular formula is C25H23FN4O6S2. The number of nitrogens with one attached hydrogen (secondary N) is 1. The number of anilines is 2. The summed E-state index contributed by atoms with van der Waals surface area (Å²) >= 11 is 0. The van der Waals surface area contributed by atoms with Crippen LogP contribution < -0.4 is 15.4 Å². The zero-order valence-electron chi connectivity index (χ0n) is 20.1. The lowest BCUT2D eigenvalue weighted by atomic mass is 10.0. The van der Waals surface area contributed by atoms with Crippen LogP contribution in [-0.2, 0) is 24.7 Å². The number of hydrogen-bond acceptors (Lipinski definition) is 8. The largest absolute Gasteiger partial charge is 0.380 e. The molecule has 1 fully saturated rings. The molecule has 4 aromatic rings. The molecule has 1 atom stereocenters. The number of rotatable bonds is 6. The fourth-order valence-electron chi connectivity index (χ4n) is 4.50. The summed E-state index contributed by atoms with van der Waals surface area (Å²) in [6.45, 7) is 0.191.